The molecule has 0 atom stereocenters. The second-order valence-corrected chi connectivity index (χ2v) is 15.1. The summed E-state index contributed by atoms with van der Waals surface area (Å²) in [6.07, 6.45) is 16.4. The topological polar surface area (TPSA) is 55.1 Å². The first-order valence-corrected chi connectivity index (χ1v) is 15.9. The summed E-state index contributed by atoms with van der Waals surface area (Å²) in [5, 5.41) is 17.9. The van der Waals surface area contributed by atoms with Gasteiger partial charge in [-0.2, -0.15) is 0 Å². The summed E-state index contributed by atoms with van der Waals surface area (Å²) < 4.78 is 2.13. The van der Waals surface area contributed by atoms with E-state index in [1.54, 1.807) is 0 Å². The number of nitrogens with zero attached hydrogens (tertiary/aromatic N) is 2. The fraction of sp³-hybridized carbons (Fsp3) is 0.484. The van der Waals surface area contributed by atoms with Crippen LogP contribution in [-0.4, -0.2) is 27.0 Å². The van der Waals surface area contributed by atoms with Gasteiger partial charge in [0.25, 0.3) is 0 Å². The first-order valence-electron chi connectivity index (χ1n) is 13.7. The Morgan fingerprint density at radius 2 is 1.22 bits per heavy atom. The van der Waals surface area contributed by atoms with E-state index in [1.807, 2.05) is 0 Å². The van der Waals surface area contributed by atoms with Gasteiger partial charge in [0.15, 0.2) is 0 Å². The van der Waals surface area contributed by atoms with Gasteiger partial charge in [0.1, 0.15) is 0 Å². The Bertz CT molecular complexity index is 1000. The quantitative estimate of drug-likeness (QED) is 0.185. The van der Waals surface area contributed by atoms with Crippen LogP contribution < -0.4 is 15.9 Å². The molecular weight excluding hydrogens is 463 g/mol. The summed E-state index contributed by atoms with van der Waals surface area (Å²) in [6.45, 7) is 6.64. The van der Waals surface area contributed by atoms with Crippen LogP contribution in [0.5, 0.6) is 0 Å². The number of carboxylic acids is 1. The van der Waals surface area contributed by atoms with Crippen molar-refractivity contribution in [1.29, 1.82) is 0 Å². The van der Waals surface area contributed by atoms with E-state index in [0.717, 1.165) is 19.3 Å². The molecule has 5 heteroatoms. The van der Waals surface area contributed by atoms with Crippen molar-refractivity contribution in [1.82, 2.24) is 9.78 Å². The van der Waals surface area contributed by atoms with E-state index in [2.05, 4.69) is 98.5 Å². The molecule has 3 aromatic rings. The van der Waals surface area contributed by atoms with Crippen LogP contribution in [0.25, 0.3) is 0 Å². The second kappa shape index (κ2) is 13.7. The Kier molecular flexibility index (Phi) is 10.7. The van der Waals surface area contributed by atoms with E-state index in [4.69, 9.17) is 10.2 Å². The van der Waals surface area contributed by atoms with Crippen LogP contribution in [0, 0.1) is 0 Å². The van der Waals surface area contributed by atoms with Crippen LogP contribution >= 0.6 is 7.26 Å². The van der Waals surface area contributed by atoms with Gasteiger partial charge in [0.05, 0.1) is 0 Å². The fourth-order valence-corrected chi connectivity index (χ4v) is 9.98. The van der Waals surface area contributed by atoms with Crippen molar-refractivity contribution in [3.8, 4) is 0 Å². The average molecular weight is 509 g/mol. The third kappa shape index (κ3) is 7.77. The number of aliphatic carboxylic acids is 1. The SMILES string of the molecule is CC(C)(C)n1cc([PH](CCCCCCCCCCCC(=O)O)(c2ccccc2)c2ccccc2)cn1. The van der Waals surface area contributed by atoms with Crippen LogP contribution in [-0.2, 0) is 10.3 Å². The molecule has 0 aliphatic rings. The van der Waals surface area contributed by atoms with E-state index in [-0.39, 0.29) is 5.54 Å². The molecule has 0 aliphatic heterocycles. The molecule has 0 unspecified atom stereocenters. The van der Waals surface area contributed by atoms with E-state index < -0.39 is 13.2 Å². The third-order valence-electron chi connectivity index (χ3n) is 7.24. The normalized spacial score (nSPS) is 12.5. The summed E-state index contributed by atoms with van der Waals surface area (Å²) in [6, 6.07) is 22.3. The molecule has 0 saturated carbocycles. The van der Waals surface area contributed by atoms with Gasteiger partial charge in [-0.25, -0.2) is 0 Å². The van der Waals surface area contributed by atoms with Gasteiger partial charge in [0.2, 0.25) is 0 Å². The molecule has 0 saturated heterocycles. The van der Waals surface area contributed by atoms with Crippen molar-refractivity contribution in [2.45, 2.75) is 90.5 Å². The number of rotatable bonds is 15. The van der Waals surface area contributed by atoms with Crippen molar-refractivity contribution in [3.05, 3.63) is 73.1 Å². The molecular formula is C31H45N2O2P. The Morgan fingerprint density at radius 1 is 0.750 bits per heavy atom. The van der Waals surface area contributed by atoms with Crippen LogP contribution in [0.1, 0.15) is 85.0 Å². The van der Waals surface area contributed by atoms with Gasteiger partial charge in [0, 0.05) is 0 Å². The third-order valence-corrected chi connectivity index (χ3v) is 12.2. The molecule has 2 aromatic carbocycles. The van der Waals surface area contributed by atoms with Crippen LogP contribution in [0.2, 0.25) is 0 Å². The summed E-state index contributed by atoms with van der Waals surface area (Å²) >= 11 is 0. The standard InChI is InChI=1S/C31H45N2O2P/c1-31(2,3)33-26-29(25-32-33)36(27-19-13-11-14-20-27,28-21-15-12-16-22-28)24-18-10-8-6-4-5-7-9-17-23-30(34)35/h11-16,19-22,25-26,36H,4-10,17-18,23-24H2,1-3H3,(H,34,35). The summed E-state index contributed by atoms with van der Waals surface area (Å²) in [4.78, 5) is 10.6. The summed E-state index contributed by atoms with van der Waals surface area (Å²) in [7, 11) is -2.21. The molecule has 0 aliphatic carbocycles. The van der Waals surface area contributed by atoms with Crippen LogP contribution in [0.4, 0.5) is 0 Å². The van der Waals surface area contributed by atoms with Crippen molar-refractivity contribution in [2.24, 2.45) is 0 Å². The zero-order valence-corrected chi connectivity index (χ0v) is 23.5. The van der Waals surface area contributed by atoms with Crippen LogP contribution in [0.3, 0.4) is 0 Å². The zero-order valence-electron chi connectivity index (χ0n) is 22.5. The fourth-order valence-electron chi connectivity index (χ4n) is 5.19. The Labute approximate surface area is 218 Å². The van der Waals surface area contributed by atoms with Crippen molar-refractivity contribution in [2.75, 3.05) is 6.16 Å². The average Bonchev–Trinajstić information content (AvgIpc) is 3.37. The Hall–Kier alpha value is -2.45. The molecule has 0 spiro atoms. The minimum absolute atomic E-state index is 0.0423. The summed E-state index contributed by atoms with van der Waals surface area (Å²) in [5.74, 6) is -0.675. The molecule has 1 aromatic heterocycles. The summed E-state index contributed by atoms with van der Waals surface area (Å²) in [5.41, 5.74) is -0.0423. The van der Waals surface area contributed by atoms with Gasteiger partial charge in [-0.1, -0.05) is 0 Å². The maximum absolute atomic E-state index is 10.6. The minimum atomic E-state index is -2.21. The predicted molar refractivity (Wildman–Crippen MR) is 156 cm³/mol. The number of benzene rings is 2. The first kappa shape index (κ1) is 28.1. The predicted octanol–water partition coefficient (Wildman–Crippen LogP) is 6.65. The molecule has 0 fully saturated rings. The van der Waals surface area contributed by atoms with Crippen molar-refractivity contribution < 1.29 is 9.90 Å². The zero-order chi connectivity index (χ0) is 25.9. The molecule has 0 radical (unpaired) electrons. The van der Waals surface area contributed by atoms with Crippen molar-refractivity contribution >= 4 is 29.1 Å². The van der Waals surface area contributed by atoms with Gasteiger partial charge in [-0.15, -0.1) is 0 Å². The van der Waals surface area contributed by atoms with Gasteiger partial charge < -0.3 is 5.11 Å². The molecule has 0 amide bonds. The second-order valence-electron chi connectivity index (χ2n) is 11.1. The number of unbranched alkanes of at least 4 members (excludes halogenated alkanes) is 8. The number of aromatic nitrogens is 2. The van der Waals surface area contributed by atoms with Gasteiger partial charge >= 0.3 is 209 Å². The Balaban J connectivity index is 1.69. The Morgan fingerprint density at radius 3 is 1.67 bits per heavy atom. The van der Waals surface area contributed by atoms with E-state index in [1.165, 1.54) is 60.6 Å². The van der Waals surface area contributed by atoms with E-state index in [0.29, 0.717) is 6.42 Å². The number of carbonyl (C=O) groups is 1. The number of hydrogen-bond acceptors (Lipinski definition) is 2. The molecule has 196 valence electrons. The van der Waals surface area contributed by atoms with Gasteiger partial charge in [-0.05, 0) is 0 Å². The maximum atomic E-state index is 10.6. The number of hydrogen-bond donors (Lipinski definition) is 1. The first-order chi connectivity index (χ1) is 17.3. The van der Waals surface area contributed by atoms with E-state index in [9.17, 15) is 4.79 Å². The number of carboxylic acid groups (broad SMARTS) is 1. The van der Waals surface area contributed by atoms with Crippen molar-refractivity contribution in [3.63, 3.8) is 0 Å². The molecule has 0 bridgehead atoms. The molecule has 1 heterocycles. The molecule has 4 nitrogen and oxygen atoms in total. The van der Waals surface area contributed by atoms with E-state index >= 15 is 0 Å². The van der Waals surface area contributed by atoms with Crippen LogP contribution in [0.15, 0.2) is 73.1 Å². The van der Waals surface area contributed by atoms with Gasteiger partial charge in [-0.3, -0.25) is 4.79 Å². The molecule has 3 rings (SSSR count). The molecule has 36 heavy (non-hydrogen) atoms. The monoisotopic (exact) mass is 508 g/mol. The molecule has 1 N–H and O–H groups in total.